The molecular weight excluding hydrogens is 352 g/mol. The number of rotatable bonds is 2. The van der Waals surface area contributed by atoms with Crippen LogP contribution in [0.3, 0.4) is 0 Å². The van der Waals surface area contributed by atoms with Gasteiger partial charge in [0, 0.05) is 44.4 Å². The van der Waals surface area contributed by atoms with Crippen molar-refractivity contribution < 1.29 is 14.3 Å². The molecular formula is C18H26N4O3S. The number of hydrogen-bond acceptors (Lipinski definition) is 6. The number of thiol groups is 1. The second-order valence-corrected chi connectivity index (χ2v) is 8.42. The van der Waals surface area contributed by atoms with E-state index >= 15 is 0 Å². The normalized spacial score (nSPS) is 21.3. The number of hydrogen-bond donors (Lipinski definition) is 1. The van der Waals surface area contributed by atoms with Crippen LogP contribution >= 0.6 is 12.6 Å². The Balaban J connectivity index is 1.57. The number of carbonyl (C=O) groups excluding carboxylic acids is 2. The Morgan fingerprint density at radius 1 is 1.23 bits per heavy atom. The summed E-state index contributed by atoms with van der Waals surface area (Å²) >= 11 is 4.37. The molecule has 8 heteroatoms. The van der Waals surface area contributed by atoms with Gasteiger partial charge in [-0.3, -0.25) is 9.69 Å². The van der Waals surface area contributed by atoms with Crippen LogP contribution in [0.2, 0.25) is 0 Å². The first-order valence-corrected chi connectivity index (χ1v) is 9.42. The van der Waals surface area contributed by atoms with E-state index in [-0.39, 0.29) is 17.3 Å². The molecule has 0 aliphatic carbocycles. The monoisotopic (exact) mass is 378 g/mol. The van der Waals surface area contributed by atoms with Crippen LogP contribution in [0.15, 0.2) is 18.3 Å². The molecule has 1 aromatic rings. The fourth-order valence-electron chi connectivity index (χ4n) is 3.11. The second kappa shape index (κ2) is 7.34. The molecule has 3 heterocycles. The lowest BCUT2D eigenvalue weighted by molar-refractivity contribution is -0.117. The van der Waals surface area contributed by atoms with E-state index in [1.807, 2.05) is 32.9 Å². The van der Waals surface area contributed by atoms with E-state index in [4.69, 9.17) is 4.74 Å². The van der Waals surface area contributed by atoms with Gasteiger partial charge in [-0.2, -0.15) is 12.6 Å². The van der Waals surface area contributed by atoms with E-state index in [0.717, 1.165) is 18.8 Å². The Hall–Kier alpha value is -1.96. The number of aromatic nitrogens is 1. The lowest BCUT2D eigenvalue weighted by Crippen LogP contribution is -2.50. The van der Waals surface area contributed by atoms with Gasteiger partial charge in [-0.05, 0) is 32.9 Å². The molecule has 3 rings (SSSR count). The average Bonchev–Trinajstić information content (AvgIpc) is 2.92. The number of pyridine rings is 1. The summed E-state index contributed by atoms with van der Waals surface area (Å²) in [4.78, 5) is 34.1. The average molecular weight is 378 g/mol. The number of carbonyl (C=O) groups is 2. The van der Waals surface area contributed by atoms with Gasteiger partial charge in [-0.15, -0.1) is 0 Å². The topological polar surface area (TPSA) is 66.0 Å². The first kappa shape index (κ1) is 18.8. The van der Waals surface area contributed by atoms with Gasteiger partial charge in [0.25, 0.3) is 0 Å². The second-order valence-electron chi connectivity index (χ2n) is 7.69. The standard InChI is InChI=1S/C18H26N4O3S/c1-18(2,3)25-17(24)21-8-6-20(7-9-21)13-4-5-15(19-11-13)22-12-14(26)10-16(22)23/h4-5,11,14,26H,6-10,12H2,1-3H3. The summed E-state index contributed by atoms with van der Waals surface area (Å²) in [6.45, 7) is 8.89. The molecule has 26 heavy (non-hydrogen) atoms. The summed E-state index contributed by atoms with van der Waals surface area (Å²) in [7, 11) is 0. The van der Waals surface area contributed by atoms with E-state index in [0.29, 0.717) is 31.9 Å². The van der Waals surface area contributed by atoms with Crippen molar-refractivity contribution >= 4 is 36.1 Å². The lowest BCUT2D eigenvalue weighted by atomic mass is 10.2. The Kier molecular flexibility index (Phi) is 5.32. The maximum atomic E-state index is 12.1. The zero-order valence-corrected chi connectivity index (χ0v) is 16.4. The van der Waals surface area contributed by atoms with Gasteiger partial charge in [-0.1, -0.05) is 0 Å². The van der Waals surface area contributed by atoms with E-state index in [1.54, 1.807) is 16.0 Å². The Bertz CT molecular complexity index is 666. The molecule has 0 spiro atoms. The predicted octanol–water partition coefficient (Wildman–Crippen LogP) is 2.17. The van der Waals surface area contributed by atoms with E-state index in [2.05, 4.69) is 22.5 Å². The van der Waals surface area contributed by atoms with Gasteiger partial charge in [-0.25, -0.2) is 9.78 Å². The van der Waals surface area contributed by atoms with Crippen LogP contribution < -0.4 is 9.80 Å². The smallest absolute Gasteiger partial charge is 0.410 e. The van der Waals surface area contributed by atoms with Crippen molar-refractivity contribution in [1.29, 1.82) is 0 Å². The minimum Gasteiger partial charge on any atom is -0.444 e. The molecule has 1 atom stereocenters. The Morgan fingerprint density at radius 2 is 1.92 bits per heavy atom. The third-order valence-corrected chi connectivity index (χ3v) is 4.76. The highest BCUT2D eigenvalue weighted by Crippen LogP contribution is 2.24. The summed E-state index contributed by atoms with van der Waals surface area (Å²) in [6.07, 6.45) is 1.98. The van der Waals surface area contributed by atoms with Crippen molar-refractivity contribution in [2.75, 3.05) is 42.5 Å². The highest BCUT2D eigenvalue weighted by atomic mass is 32.1. The quantitative estimate of drug-likeness (QED) is 0.799. The van der Waals surface area contributed by atoms with Crippen molar-refractivity contribution in [1.82, 2.24) is 9.88 Å². The highest BCUT2D eigenvalue weighted by Gasteiger charge is 2.29. The number of nitrogens with zero attached hydrogens (tertiary/aromatic N) is 4. The van der Waals surface area contributed by atoms with Gasteiger partial charge >= 0.3 is 6.09 Å². The van der Waals surface area contributed by atoms with E-state index < -0.39 is 5.60 Å². The molecule has 0 bridgehead atoms. The van der Waals surface area contributed by atoms with Crippen LogP contribution in [0.25, 0.3) is 0 Å². The fraction of sp³-hybridized carbons (Fsp3) is 0.611. The molecule has 0 N–H and O–H groups in total. The number of ether oxygens (including phenoxy) is 1. The molecule has 0 aromatic carbocycles. The number of anilines is 2. The predicted molar refractivity (Wildman–Crippen MR) is 104 cm³/mol. The van der Waals surface area contributed by atoms with Crippen molar-refractivity contribution in [2.45, 2.75) is 38.0 Å². The molecule has 2 saturated heterocycles. The summed E-state index contributed by atoms with van der Waals surface area (Å²) in [6, 6.07) is 3.85. The van der Waals surface area contributed by atoms with Gasteiger partial charge in [0.15, 0.2) is 0 Å². The highest BCUT2D eigenvalue weighted by molar-refractivity contribution is 7.81. The molecule has 1 aromatic heterocycles. The van der Waals surface area contributed by atoms with Crippen molar-refractivity contribution in [3.8, 4) is 0 Å². The zero-order valence-electron chi connectivity index (χ0n) is 15.5. The third kappa shape index (κ3) is 4.41. The number of amides is 2. The fourth-order valence-corrected chi connectivity index (χ4v) is 3.43. The zero-order chi connectivity index (χ0) is 18.9. The van der Waals surface area contributed by atoms with Crippen LogP contribution in [0.4, 0.5) is 16.3 Å². The summed E-state index contributed by atoms with van der Waals surface area (Å²) in [5.74, 6) is 0.735. The summed E-state index contributed by atoms with van der Waals surface area (Å²) in [5, 5.41) is 0.0740. The van der Waals surface area contributed by atoms with Gasteiger partial charge in [0.1, 0.15) is 11.4 Å². The Labute approximate surface area is 159 Å². The molecule has 142 valence electrons. The maximum absolute atomic E-state index is 12.1. The minimum atomic E-state index is -0.479. The lowest BCUT2D eigenvalue weighted by Gasteiger charge is -2.36. The molecule has 2 aliphatic heterocycles. The van der Waals surface area contributed by atoms with Crippen LogP contribution in [-0.2, 0) is 9.53 Å². The first-order chi connectivity index (χ1) is 12.2. The molecule has 0 radical (unpaired) electrons. The van der Waals surface area contributed by atoms with Gasteiger partial charge in [0.05, 0.1) is 11.9 Å². The van der Waals surface area contributed by atoms with E-state index in [9.17, 15) is 9.59 Å². The third-order valence-electron chi connectivity index (χ3n) is 4.41. The van der Waals surface area contributed by atoms with Gasteiger partial charge in [0.2, 0.25) is 5.91 Å². The molecule has 2 fully saturated rings. The molecule has 2 amide bonds. The Morgan fingerprint density at radius 3 is 2.42 bits per heavy atom. The molecule has 7 nitrogen and oxygen atoms in total. The number of piperazine rings is 1. The largest absolute Gasteiger partial charge is 0.444 e. The van der Waals surface area contributed by atoms with Crippen molar-refractivity contribution in [2.24, 2.45) is 0 Å². The summed E-state index contributed by atoms with van der Waals surface area (Å²) < 4.78 is 5.42. The molecule has 2 aliphatic rings. The maximum Gasteiger partial charge on any atom is 0.410 e. The molecule has 0 saturated carbocycles. The van der Waals surface area contributed by atoms with Crippen LogP contribution in [0.1, 0.15) is 27.2 Å². The molecule has 1 unspecified atom stereocenters. The SMILES string of the molecule is CC(C)(C)OC(=O)N1CCN(c2ccc(N3CC(S)CC3=O)nc2)CC1. The summed E-state index contributed by atoms with van der Waals surface area (Å²) in [5.41, 5.74) is 0.513. The van der Waals surface area contributed by atoms with Crippen LogP contribution in [-0.4, -0.2) is 65.5 Å². The van der Waals surface area contributed by atoms with Crippen LogP contribution in [0.5, 0.6) is 0 Å². The van der Waals surface area contributed by atoms with Crippen molar-refractivity contribution in [3.05, 3.63) is 18.3 Å². The minimum absolute atomic E-state index is 0.0659. The van der Waals surface area contributed by atoms with Crippen LogP contribution in [0, 0.1) is 0 Å². The van der Waals surface area contributed by atoms with E-state index in [1.165, 1.54) is 0 Å². The first-order valence-electron chi connectivity index (χ1n) is 8.90. The van der Waals surface area contributed by atoms with Gasteiger partial charge < -0.3 is 14.5 Å². The van der Waals surface area contributed by atoms with Crippen molar-refractivity contribution in [3.63, 3.8) is 0 Å².